The second-order valence-corrected chi connectivity index (χ2v) is 5.12. The lowest BCUT2D eigenvalue weighted by molar-refractivity contribution is 0.102. The van der Waals surface area contributed by atoms with E-state index in [1.807, 2.05) is 0 Å². The minimum Gasteiger partial charge on any atom is -0.507 e. The number of pyridine rings is 1. The first-order valence-corrected chi connectivity index (χ1v) is 6.43. The number of aromatic hydroxyl groups is 1. The van der Waals surface area contributed by atoms with E-state index in [-0.39, 0.29) is 11.3 Å². The van der Waals surface area contributed by atoms with Crippen molar-refractivity contribution in [1.29, 1.82) is 0 Å². The van der Waals surface area contributed by atoms with Crippen LogP contribution < -0.4 is 5.32 Å². The fourth-order valence-corrected chi connectivity index (χ4v) is 2.03. The summed E-state index contributed by atoms with van der Waals surface area (Å²) in [6.07, 6.45) is 1.49. The molecule has 0 saturated heterocycles. The third-order valence-corrected chi connectivity index (χ3v) is 3.07. The predicted octanol–water partition coefficient (Wildman–Crippen LogP) is 3.30. The zero-order valence-corrected chi connectivity index (χ0v) is 11.9. The van der Waals surface area contributed by atoms with E-state index >= 15 is 0 Å². The van der Waals surface area contributed by atoms with Gasteiger partial charge >= 0.3 is 0 Å². The number of phenolic OH excluding ortho intramolecular Hbond substituents is 1. The van der Waals surface area contributed by atoms with E-state index in [9.17, 15) is 9.90 Å². The van der Waals surface area contributed by atoms with Crippen LogP contribution in [0.5, 0.6) is 5.75 Å². The highest BCUT2D eigenvalue weighted by molar-refractivity contribution is 14.1. The van der Waals surface area contributed by atoms with Crippen LogP contribution in [0.3, 0.4) is 0 Å². The predicted molar refractivity (Wildman–Crippen MR) is 78.0 cm³/mol. The molecule has 0 aliphatic carbocycles. The summed E-state index contributed by atoms with van der Waals surface area (Å²) in [6, 6.07) is 7.96. The van der Waals surface area contributed by atoms with Crippen LogP contribution in [0.15, 0.2) is 36.5 Å². The molecule has 4 nitrogen and oxygen atoms in total. The normalized spacial score (nSPS) is 10.1. The quantitative estimate of drug-likeness (QED) is 0.626. The lowest BCUT2D eigenvalue weighted by Gasteiger charge is -2.07. The van der Waals surface area contributed by atoms with E-state index in [1.165, 1.54) is 18.3 Å². The number of carbonyl (C=O) groups is 1. The van der Waals surface area contributed by atoms with Crippen LogP contribution in [0, 0.1) is 3.57 Å². The van der Waals surface area contributed by atoms with Crippen LogP contribution in [0.2, 0.25) is 5.15 Å². The standard InChI is InChI=1S/C12H8ClIN2O2/c13-11-6-8(3-4-15-11)16-12(18)9-5-7(14)1-2-10(9)17/h1-6,17H,(H,15,16,18). The molecule has 0 bridgehead atoms. The molecule has 0 fully saturated rings. The molecule has 92 valence electrons. The Morgan fingerprint density at radius 2 is 2.11 bits per heavy atom. The molecular formula is C12H8ClIN2O2. The number of hydrogen-bond donors (Lipinski definition) is 2. The van der Waals surface area contributed by atoms with Crippen molar-refractivity contribution in [3.8, 4) is 5.75 Å². The van der Waals surface area contributed by atoms with E-state index in [1.54, 1.807) is 18.2 Å². The van der Waals surface area contributed by atoms with Gasteiger partial charge in [0.1, 0.15) is 10.9 Å². The topological polar surface area (TPSA) is 62.2 Å². The van der Waals surface area contributed by atoms with Gasteiger partial charge in [-0.05, 0) is 52.9 Å². The van der Waals surface area contributed by atoms with Gasteiger partial charge in [0.25, 0.3) is 5.91 Å². The Kier molecular flexibility index (Phi) is 4.03. The lowest BCUT2D eigenvalue weighted by atomic mass is 10.2. The van der Waals surface area contributed by atoms with E-state index in [0.717, 1.165) is 3.57 Å². The summed E-state index contributed by atoms with van der Waals surface area (Å²) in [5.74, 6) is -0.457. The molecular weight excluding hydrogens is 367 g/mol. The van der Waals surface area contributed by atoms with Gasteiger partial charge in [0, 0.05) is 15.5 Å². The number of carbonyl (C=O) groups excluding carboxylic acids is 1. The van der Waals surface area contributed by atoms with Gasteiger partial charge in [0.2, 0.25) is 0 Å². The fraction of sp³-hybridized carbons (Fsp3) is 0. The van der Waals surface area contributed by atoms with Gasteiger partial charge in [-0.25, -0.2) is 4.98 Å². The van der Waals surface area contributed by atoms with Gasteiger partial charge in [-0.3, -0.25) is 4.79 Å². The van der Waals surface area contributed by atoms with Gasteiger partial charge in [0.05, 0.1) is 5.56 Å². The van der Waals surface area contributed by atoms with Crippen molar-refractivity contribution < 1.29 is 9.90 Å². The largest absolute Gasteiger partial charge is 0.507 e. The number of phenols is 1. The third kappa shape index (κ3) is 3.11. The Labute approximate surface area is 122 Å². The van der Waals surface area contributed by atoms with Gasteiger partial charge in [-0.1, -0.05) is 11.6 Å². The molecule has 18 heavy (non-hydrogen) atoms. The summed E-state index contributed by atoms with van der Waals surface area (Å²) in [4.78, 5) is 15.8. The molecule has 1 heterocycles. The molecule has 0 aliphatic heterocycles. The Hall–Kier alpha value is -1.34. The number of anilines is 1. The number of rotatable bonds is 2. The van der Waals surface area contributed by atoms with Crippen molar-refractivity contribution in [2.45, 2.75) is 0 Å². The summed E-state index contributed by atoms with van der Waals surface area (Å²) in [5, 5.41) is 12.6. The van der Waals surface area contributed by atoms with E-state index in [0.29, 0.717) is 10.8 Å². The zero-order chi connectivity index (χ0) is 13.1. The first kappa shape index (κ1) is 13.1. The molecule has 6 heteroatoms. The lowest BCUT2D eigenvalue weighted by Crippen LogP contribution is -2.12. The molecule has 0 saturated carbocycles. The van der Waals surface area contributed by atoms with Gasteiger partial charge in [-0.2, -0.15) is 0 Å². The smallest absolute Gasteiger partial charge is 0.259 e. The molecule has 0 atom stereocenters. The molecule has 1 amide bonds. The maximum absolute atomic E-state index is 12.0. The zero-order valence-electron chi connectivity index (χ0n) is 9.02. The van der Waals surface area contributed by atoms with Crippen LogP contribution in [-0.2, 0) is 0 Å². The van der Waals surface area contributed by atoms with E-state index < -0.39 is 5.91 Å². The molecule has 1 aromatic carbocycles. The molecule has 2 aromatic rings. The molecule has 1 aromatic heterocycles. The highest BCUT2D eigenvalue weighted by Gasteiger charge is 2.11. The van der Waals surface area contributed by atoms with Crippen LogP contribution >= 0.6 is 34.2 Å². The highest BCUT2D eigenvalue weighted by Crippen LogP contribution is 2.21. The number of halogens is 2. The molecule has 0 unspecified atom stereocenters. The average Bonchev–Trinajstić information content (AvgIpc) is 2.32. The van der Waals surface area contributed by atoms with Gasteiger partial charge < -0.3 is 10.4 Å². The number of aromatic nitrogens is 1. The van der Waals surface area contributed by atoms with E-state index in [4.69, 9.17) is 11.6 Å². The third-order valence-electron chi connectivity index (χ3n) is 2.19. The van der Waals surface area contributed by atoms with Crippen LogP contribution in [0.25, 0.3) is 0 Å². The number of nitrogens with zero attached hydrogens (tertiary/aromatic N) is 1. The molecule has 0 spiro atoms. The average molecular weight is 375 g/mol. The van der Waals surface area contributed by atoms with Crippen LogP contribution in [0.4, 0.5) is 5.69 Å². The summed E-state index contributed by atoms with van der Waals surface area (Å²) < 4.78 is 0.864. The SMILES string of the molecule is O=C(Nc1ccnc(Cl)c1)c1cc(I)ccc1O. The second-order valence-electron chi connectivity index (χ2n) is 3.48. The van der Waals surface area contributed by atoms with Crippen LogP contribution in [-0.4, -0.2) is 16.0 Å². The number of hydrogen-bond acceptors (Lipinski definition) is 3. The second kappa shape index (κ2) is 5.53. The first-order chi connectivity index (χ1) is 8.56. The summed E-state index contributed by atoms with van der Waals surface area (Å²) in [6.45, 7) is 0. The summed E-state index contributed by atoms with van der Waals surface area (Å²) in [5.41, 5.74) is 0.744. The van der Waals surface area contributed by atoms with Crippen molar-refractivity contribution in [1.82, 2.24) is 4.98 Å². The summed E-state index contributed by atoms with van der Waals surface area (Å²) >= 11 is 7.79. The Morgan fingerprint density at radius 3 is 2.83 bits per heavy atom. The van der Waals surface area contributed by atoms with Crippen molar-refractivity contribution in [3.63, 3.8) is 0 Å². The Morgan fingerprint density at radius 1 is 1.33 bits per heavy atom. The molecule has 0 aliphatic rings. The van der Waals surface area contributed by atoms with Crippen molar-refractivity contribution in [3.05, 3.63) is 50.8 Å². The maximum atomic E-state index is 12.0. The monoisotopic (exact) mass is 374 g/mol. The van der Waals surface area contributed by atoms with E-state index in [2.05, 4.69) is 32.9 Å². The maximum Gasteiger partial charge on any atom is 0.259 e. The van der Waals surface area contributed by atoms with Crippen LogP contribution in [0.1, 0.15) is 10.4 Å². The Balaban J connectivity index is 2.24. The van der Waals surface area contributed by atoms with Gasteiger partial charge in [0.15, 0.2) is 0 Å². The fourth-order valence-electron chi connectivity index (χ4n) is 1.37. The molecule has 0 radical (unpaired) electrons. The minimum absolute atomic E-state index is 0.0620. The number of benzene rings is 1. The number of nitrogens with one attached hydrogen (secondary N) is 1. The van der Waals surface area contributed by atoms with Crippen molar-refractivity contribution in [2.24, 2.45) is 0 Å². The first-order valence-electron chi connectivity index (χ1n) is 4.97. The Bertz CT molecular complexity index is 604. The minimum atomic E-state index is -0.395. The van der Waals surface area contributed by atoms with Crippen molar-refractivity contribution in [2.75, 3.05) is 5.32 Å². The highest BCUT2D eigenvalue weighted by atomic mass is 127. The summed E-state index contributed by atoms with van der Waals surface area (Å²) in [7, 11) is 0. The molecule has 2 N–H and O–H groups in total. The van der Waals surface area contributed by atoms with Gasteiger partial charge in [-0.15, -0.1) is 0 Å². The van der Waals surface area contributed by atoms with Crippen molar-refractivity contribution >= 4 is 45.8 Å². The number of amides is 1. The molecule has 2 rings (SSSR count).